The number of hydrogen-bond donors (Lipinski definition) is 2. The number of aliphatic hydroxyl groups is 1. The SMILES string of the molecule is CCCCCCCCCCCCCCCC(=O)OCc1cn(CC(=O)OC2(O)CC[C@@]3(C)C(CC[C@]4(C)[C@@H]3CC=C3[C@@H]5[C@@H](C)[C@H](C)CC[C@]5(C(=O)OC(=O)O)CC[C@]34C)C2(C)C)nn1. The van der Waals surface area contributed by atoms with Gasteiger partial charge in [0.25, 0.3) is 0 Å². The Kier molecular flexibility index (Phi) is 15.9. The molecule has 0 spiro atoms. The fraction of sp³-hybridized carbons (Fsp3) is 0.846. The van der Waals surface area contributed by atoms with Crippen LogP contribution >= 0.6 is 0 Å². The maximum atomic E-state index is 13.7. The Bertz CT molecular complexity index is 1840. The van der Waals surface area contributed by atoms with Crippen molar-refractivity contribution < 1.29 is 43.6 Å². The Morgan fingerprint density at radius 2 is 1.42 bits per heavy atom. The van der Waals surface area contributed by atoms with Crippen LogP contribution in [-0.4, -0.2) is 55.1 Å². The minimum Gasteiger partial charge on any atom is -0.459 e. The molecule has 0 aliphatic heterocycles. The van der Waals surface area contributed by atoms with Crippen LogP contribution in [0.1, 0.15) is 209 Å². The molecule has 360 valence electrons. The molecule has 0 saturated heterocycles. The summed E-state index contributed by atoms with van der Waals surface area (Å²) in [4.78, 5) is 51.4. The zero-order chi connectivity index (χ0) is 46.6. The molecule has 2 N–H and O–H groups in total. The lowest BCUT2D eigenvalue weighted by molar-refractivity contribution is -0.318. The van der Waals surface area contributed by atoms with Gasteiger partial charge in [0.05, 0.1) is 11.6 Å². The lowest BCUT2D eigenvalue weighted by Gasteiger charge is -2.72. The summed E-state index contributed by atoms with van der Waals surface area (Å²) in [5, 5.41) is 30.0. The smallest absolute Gasteiger partial charge is 0.459 e. The number of carbonyl (C=O) groups is 4. The molecule has 1 aromatic rings. The van der Waals surface area contributed by atoms with Gasteiger partial charge in [0.1, 0.15) is 18.8 Å². The van der Waals surface area contributed by atoms with Crippen LogP contribution in [-0.2, 0) is 41.7 Å². The minimum absolute atomic E-state index is 0.0176. The van der Waals surface area contributed by atoms with E-state index in [0.29, 0.717) is 49.6 Å². The van der Waals surface area contributed by atoms with Gasteiger partial charge < -0.3 is 24.4 Å². The number of allylic oxidation sites excluding steroid dienone is 2. The van der Waals surface area contributed by atoms with E-state index in [4.69, 9.17) is 14.2 Å². The third-order valence-corrected chi connectivity index (χ3v) is 18.7. The van der Waals surface area contributed by atoms with Gasteiger partial charge in [-0.3, -0.25) is 9.59 Å². The molecule has 5 aliphatic carbocycles. The number of nitrogens with zero attached hydrogens (tertiary/aromatic N) is 3. The predicted molar refractivity (Wildman–Crippen MR) is 244 cm³/mol. The summed E-state index contributed by atoms with van der Waals surface area (Å²) in [5.74, 6) is -2.25. The average Bonchev–Trinajstić information content (AvgIpc) is 3.68. The summed E-state index contributed by atoms with van der Waals surface area (Å²) in [6.07, 6.45) is 25.6. The van der Waals surface area contributed by atoms with Crippen LogP contribution < -0.4 is 0 Å². The molecule has 4 fully saturated rings. The number of ether oxygens (including phenoxy) is 3. The monoisotopic (exact) mass is 894 g/mol. The zero-order valence-electron chi connectivity index (χ0n) is 40.8. The molecule has 1 heterocycles. The van der Waals surface area contributed by atoms with Gasteiger partial charge in [-0.25, -0.2) is 14.3 Å². The van der Waals surface area contributed by atoms with Crippen LogP contribution in [0.3, 0.4) is 0 Å². The largest absolute Gasteiger partial charge is 0.513 e. The predicted octanol–water partition coefficient (Wildman–Crippen LogP) is 11.9. The van der Waals surface area contributed by atoms with E-state index in [1.165, 1.54) is 74.5 Å². The Hall–Kier alpha value is -3.28. The van der Waals surface area contributed by atoms with Crippen LogP contribution in [0.2, 0.25) is 0 Å². The van der Waals surface area contributed by atoms with Gasteiger partial charge in [0, 0.05) is 18.3 Å². The third-order valence-electron chi connectivity index (χ3n) is 18.7. The summed E-state index contributed by atoms with van der Waals surface area (Å²) in [7, 11) is 0. The first-order chi connectivity index (χ1) is 30.3. The number of fused-ring (bicyclic) bond motifs is 7. The number of hydrogen-bond acceptors (Lipinski definition) is 10. The second-order valence-corrected chi connectivity index (χ2v) is 22.5. The van der Waals surface area contributed by atoms with E-state index in [9.17, 15) is 29.4 Å². The normalized spacial score (nSPS) is 35.1. The van der Waals surface area contributed by atoms with E-state index in [-0.39, 0.29) is 53.1 Å². The molecule has 0 amide bonds. The molecule has 0 radical (unpaired) electrons. The van der Waals surface area contributed by atoms with Gasteiger partial charge in [0.2, 0.25) is 5.79 Å². The molecule has 6 rings (SSSR count). The Balaban J connectivity index is 1.00. The van der Waals surface area contributed by atoms with E-state index in [1.807, 2.05) is 13.8 Å². The zero-order valence-corrected chi connectivity index (χ0v) is 40.8. The maximum absolute atomic E-state index is 13.7. The number of aromatic nitrogens is 3. The van der Waals surface area contributed by atoms with Gasteiger partial charge in [-0.1, -0.05) is 149 Å². The van der Waals surface area contributed by atoms with Crippen molar-refractivity contribution >= 4 is 24.1 Å². The molecular weight excluding hydrogens is 811 g/mol. The van der Waals surface area contributed by atoms with Crippen molar-refractivity contribution in [3.8, 4) is 0 Å². The summed E-state index contributed by atoms with van der Waals surface area (Å²) in [5.41, 5.74) is -0.282. The van der Waals surface area contributed by atoms with Crippen LogP contribution in [0, 0.1) is 56.7 Å². The topological polar surface area (TPSA) is 167 Å². The highest BCUT2D eigenvalue weighted by atomic mass is 16.7. The third kappa shape index (κ3) is 9.74. The minimum atomic E-state index is -1.68. The highest BCUT2D eigenvalue weighted by molar-refractivity contribution is 5.86. The lowest BCUT2D eigenvalue weighted by Crippen LogP contribution is -2.68. The van der Waals surface area contributed by atoms with E-state index < -0.39 is 34.7 Å². The highest BCUT2D eigenvalue weighted by Gasteiger charge is 2.72. The second kappa shape index (κ2) is 20.3. The van der Waals surface area contributed by atoms with Gasteiger partial charge in [-0.05, 0) is 104 Å². The van der Waals surface area contributed by atoms with Crippen molar-refractivity contribution in [1.29, 1.82) is 0 Å². The molecule has 5 aliphatic rings. The van der Waals surface area contributed by atoms with Crippen molar-refractivity contribution in [3.05, 3.63) is 23.5 Å². The molecule has 12 heteroatoms. The van der Waals surface area contributed by atoms with Crippen molar-refractivity contribution in [1.82, 2.24) is 15.0 Å². The molecule has 0 aromatic carbocycles. The average molecular weight is 894 g/mol. The van der Waals surface area contributed by atoms with Crippen LogP contribution in [0.5, 0.6) is 0 Å². The van der Waals surface area contributed by atoms with Gasteiger partial charge in [0.15, 0.2) is 0 Å². The van der Waals surface area contributed by atoms with Crippen molar-refractivity contribution in [2.75, 3.05) is 0 Å². The van der Waals surface area contributed by atoms with E-state index in [0.717, 1.165) is 51.4 Å². The maximum Gasteiger partial charge on any atom is 0.513 e. The molecule has 64 heavy (non-hydrogen) atoms. The Labute approximate surface area is 383 Å². The number of esters is 3. The van der Waals surface area contributed by atoms with E-state index in [1.54, 1.807) is 6.20 Å². The van der Waals surface area contributed by atoms with E-state index >= 15 is 0 Å². The fourth-order valence-corrected chi connectivity index (χ4v) is 14.5. The van der Waals surface area contributed by atoms with Gasteiger partial charge in [-0.15, -0.1) is 5.10 Å². The molecular formula is C52H83N3O9. The molecule has 10 atom stereocenters. The van der Waals surface area contributed by atoms with E-state index in [2.05, 4.69) is 57.9 Å². The standard InChI is InChI=1S/C52H83N3O9/c1-9-10-11-12-13-14-15-16-17-18-19-20-21-22-42(56)62-35-38-33-55(54-53-38)34-43(57)64-52(61)32-29-48(6)40(47(52,4)5)26-27-50(8)41(48)24-23-39-44-37(3)36(2)25-28-51(44,31-30-49(39,50)7)45(58)63-46(59)60/h23,33,36-37,40-41,44,61H,9-22,24-32,34-35H2,1-8H3,(H,59,60)/t36-,37+,40?,41-,44+,48+,49-,50-,51+,52?/m1/s1. The number of unbranched alkanes of at least 4 members (excludes halogenated alkanes) is 12. The van der Waals surface area contributed by atoms with Crippen molar-refractivity contribution in [2.45, 2.75) is 222 Å². The second-order valence-electron chi connectivity index (χ2n) is 22.5. The fourth-order valence-electron chi connectivity index (χ4n) is 14.5. The Morgan fingerprint density at radius 3 is 2.06 bits per heavy atom. The lowest BCUT2D eigenvalue weighted by atomic mass is 9.33. The summed E-state index contributed by atoms with van der Waals surface area (Å²) < 4.78 is 17.9. The molecule has 4 saturated carbocycles. The first-order valence-corrected chi connectivity index (χ1v) is 25.4. The highest BCUT2D eigenvalue weighted by Crippen LogP contribution is 2.76. The molecule has 12 nitrogen and oxygen atoms in total. The van der Waals surface area contributed by atoms with Crippen LogP contribution in [0.4, 0.5) is 4.79 Å². The quantitative estimate of drug-likeness (QED) is 0.0319. The molecule has 0 bridgehead atoms. The van der Waals surface area contributed by atoms with Crippen LogP contribution in [0.15, 0.2) is 17.8 Å². The number of rotatable bonds is 20. The first-order valence-electron chi connectivity index (χ1n) is 25.4. The molecule has 1 aromatic heterocycles. The molecule has 2 unspecified atom stereocenters. The number of carboxylic acid groups (broad SMARTS) is 1. The van der Waals surface area contributed by atoms with Crippen LogP contribution in [0.25, 0.3) is 0 Å². The van der Waals surface area contributed by atoms with Gasteiger partial charge in [-0.2, -0.15) is 0 Å². The van der Waals surface area contributed by atoms with Gasteiger partial charge >= 0.3 is 24.1 Å². The van der Waals surface area contributed by atoms with Crippen molar-refractivity contribution in [3.63, 3.8) is 0 Å². The summed E-state index contributed by atoms with van der Waals surface area (Å²) in [6, 6.07) is 0. The Morgan fingerprint density at radius 1 is 0.781 bits per heavy atom. The summed E-state index contributed by atoms with van der Waals surface area (Å²) >= 11 is 0. The first kappa shape index (κ1) is 50.1. The number of carbonyl (C=O) groups excluding carboxylic acids is 3. The van der Waals surface area contributed by atoms with Crippen molar-refractivity contribution in [2.24, 2.45) is 56.7 Å². The summed E-state index contributed by atoms with van der Waals surface area (Å²) in [6.45, 7) is 17.8.